The van der Waals surface area contributed by atoms with Crippen molar-refractivity contribution in [3.05, 3.63) is 59.7 Å². The Bertz CT molecular complexity index is 1020. The molecule has 30 heavy (non-hydrogen) atoms. The predicted molar refractivity (Wildman–Crippen MR) is 119 cm³/mol. The molecule has 0 radical (unpaired) electrons. The first-order valence-corrected chi connectivity index (χ1v) is 12.2. The van der Waals surface area contributed by atoms with Crippen molar-refractivity contribution in [2.75, 3.05) is 17.6 Å². The average Bonchev–Trinajstić information content (AvgIpc) is 2.72. The van der Waals surface area contributed by atoms with Crippen LogP contribution in [0.5, 0.6) is 0 Å². The number of rotatable bonds is 7. The molecule has 2 aromatic carbocycles. The van der Waals surface area contributed by atoms with Crippen LogP contribution < -0.4 is 16.0 Å². The Kier molecular flexibility index (Phi) is 7.17. The minimum Gasteiger partial charge on any atom is -0.331 e. The van der Waals surface area contributed by atoms with E-state index in [2.05, 4.69) is 16.0 Å². The number of hydrogen-bond donors (Lipinski definition) is 3. The van der Waals surface area contributed by atoms with Crippen LogP contribution in [-0.4, -0.2) is 43.3 Å². The summed E-state index contributed by atoms with van der Waals surface area (Å²) in [5.41, 5.74) is 2.25. The van der Waals surface area contributed by atoms with Gasteiger partial charge in [0, 0.05) is 12.2 Å². The number of carbonyl (C=O) groups excluding carboxylic acids is 2. The number of anilines is 1. The van der Waals surface area contributed by atoms with E-state index < -0.39 is 26.5 Å². The molecule has 3 rings (SSSR count). The number of nitrogens with one attached hydrogen (secondary N) is 3. The number of aryl methyl sites for hydroxylation is 2. The Hall–Kier alpha value is -2.36. The van der Waals surface area contributed by atoms with Crippen molar-refractivity contribution in [3.63, 3.8) is 0 Å². The lowest BCUT2D eigenvalue weighted by molar-refractivity contribution is -0.122. The van der Waals surface area contributed by atoms with Crippen molar-refractivity contribution in [1.29, 1.82) is 0 Å². The van der Waals surface area contributed by atoms with Gasteiger partial charge in [-0.3, -0.25) is 14.9 Å². The molecule has 3 N–H and O–H groups in total. The van der Waals surface area contributed by atoms with Gasteiger partial charge in [0.25, 0.3) is 0 Å². The second-order valence-corrected chi connectivity index (χ2v) is 10.3. The molecule has 1 fully saturated rings. The van der Waals surface area contributed by atoms with Gasteiger partial charge >= 0.3 is 0 Å². The Morgan fingerprint density at radius 3 is 2.57 bits per heavy atom. The first kappa shape index (κ1) is 22.3. The van der Waals surface area contributed by atoms with Gasteiger partial charge in [0.15, 0.2) is 15.1 Å². The highest BCUT2D eigenvalue weighted by molar-refractivity contribution is 8.00. The highest BCUT2D eigenvalue weighted by Gasteiger charge is 2.38. The van der Waals surface area contributed by atoms with Crippen LogP contribution in [0, 0.1) is 6.92 Å². The molecule has 9 heteroatoms. The highest BCUT2D eigenvalue weighted by atomic mass is 32.2. The van der Waals surface area contributed by atoms with Gasteiger partial charge in [0.2, 0.25) is 11.8 Å². The molecule has 0 aromatic heterocycles. The van der Waals surface area contributed by atoms with E-state index in [1.54, 1.807) is 18.2 Å². The van der Waals surface area contributed by atoms with Crippen LogP contribution in [0.25, 0.3) is 0 Å². The molecule has 2 atom stereocenters. The number of sulfone groups is 1. The Balaban J connectivity index is 1.54. The number of benzene rings is 2. The van der Waals surface area contributed by atoms with E-state index in [9.17, 15) is 18.0 Å². The lowest BCUT2D eigenvalue weighted by atomic mass is 10.2. The maximum Gasteiger partial charge on any atom is 0.241 e. The van der Waals surface area contributed by atoms with Gasteiger partial charge in [-0.25, -0.2) is 8.42 Å². The van der Waals surface area contributed by atoms with Crippen LogP contribution in [0.2, 0.25) is 0 Å². The molecule has 2 unspecified atom stereocenters. The smallest absolute Gasteiger partial charge is 0.241 e. The van der Waals surface area contributed by atoms with Gasteiger partial charge < -0.3 is 10.6 Å². The first-order valence-electron chi connectivity index (χ1n) is 9.64. The molecule has 160 valence electrons. The van der Waals surface area contributed by atoms with E-state index in [-0.39, 0.29) is 23.1 Å². The predicted octanol–water partition coefficient (Wildman–Crippen LogP) is 2.07. The maximum absolute atomic E-state index is 12.8. The molecule has 1 heterocycles. The van der Waals surface area contributed by atoms with Gasteiger partial charge in [0.1, 0.15) is 5.50 Å². The van der Waals surface area contributed by atoms with Crippen molar-refractivity contribution in [2.45, 2.75) is 35.9 Å². The molecular weight excluding hydrogens is 422 g/mol. The summed E-state index contributed by atoms with van der Waals surface area (Å²) in [4.78, 5) is 24.7. The fourth-order valence-corrected chi connectivity index (χ4v) is 5.40. The van der Waals surface area contributed by atoms with Gasteiger partial charge in [-0.2, -0.15) is 0 Å². The zero-order valence-corrected chi connectivity index (χ0v) is 18.5. The second kappa shape index (κ2) is 9.63. The monoisotopic (exact) mass is 447 g/mol. The summed E-state index contributed by atoms with van der Waals surface area (Å²) in [6.45, 7) is 3.91. The van der Waals surface area contributed by atoms with E-state index in [1.807, 2.05) is 32.0 Å². The van der Waals surface area contributed by atoms with Crippen molar-refractivity contribution >= 4 is 39.1 Å². The van der Waals surface area contributed by atoms with Crippen LogP contribution in [-0.2, 0) is 25.8 Å². The normalized spacial score (nSPS) is 19.2. The lowest BCUT2D eigenvalue weighted by Gasteiger charge is -2.29. The van der Waals surface area contributed by atoms with Crippen LogP contribution in [0.1, 0.15) is 18.1 Å². The van der Waals surface area contributed by atoms with Gasteiger partial charge in [-0.1, -0.05) is 31.2 Å². The Morgan fingerprint density at radius 1 is 1.20 bits per heavy atom. The minimum absolute atomic E-state index is 0.0130. The molecule has 1 aliphatic rings. The summed E-state index contributed by atoms with van der Waals surface area (Å²) in [6, 6.07) is 14.1. The third kappa shape index (κ3) is 5.41. The molecule has 1 saturated heterocycles. The van der Waals surface area contributed by atoms with Crippen LogP contribution >= 0.6 is 11.8 Å². The second-order valence-electron chi connectivity index (χ2n) is 7.06. The van der Waals surface area contributed by atoms with Crippen molar-refractivity contribution in [3.8, 4) is 0 Å². The van der Waals surface area contributed by atoms with Crippen LogP contribution in [0.3, 0.4) is 0 Å². The molecule has 0 spiro atoms. The summed E-state index contributed by atoms with van der Waals surface area (Å²) in [7, 11) is -3.80. The summed E-state index contributed by atoms with van der Waals surface area (Å²) < 4.78 is 25.7. The van der Waals surface area contributed by atoms with Gasteiger partial charge in [0.05, 0.1) is 10.6 Å². The third-order valence-electron chi connectivity index (χ3n) is 4.77. The van der Waals surface area contributed by atoms with E-state index in [0.717, 1.165) is 17.5 Å². The first-order chi connectivity index (χ1) is 14.3. The minimum atomic E-state index is -3.80. The Labute approximate surface area is 180 Å². The van der Waals surface area contributed by atoms with Crippen molar-refractivity contribution in [2.24, 2.45) is 0 Å². The summed E-state index contributed by atoms with van der Waals surface area (Å²) in [6.07, 6.45) is 0.808. The van der Waals surface area contributed by atoms with E-state index in [1.165, 1.54) is 23.9 Å². The summed E-state index contributed by atoms with van der Waals surface area (Å²) in [5.74, 6) is -0.653. The van der Waals surface area contributed by atoms with E-state index in [4.69, 9.17) is 0 Å². The number of hydrogen-bond acceptors (Lipinski definition) is 6. The standard InChI is InChI=1S/C21H25N3O4S2/c1-3-15-7-9-17(10-8-15)30(27,28)18-12-22-21(24-20(18)26)29-13-19(25)23-16-6-4-5-14(2)11-16/h4-11,18,21-22H,3,12-13H2,1-2H3,(H,23,25)(H,24,26). The molecule has 0 saturated carbocycles. The summed E-state index contributed by atoms with van der Waals surface area (Å²) in [5, 5.41) is 7.24. The maximum atomic E-state index is 12.8. The molecule has 2 amide bonds. The average molecular weight is 448 g/mol. The molecule has 7 nitrogen and oxygen atoms in total. The lowest BCUT2D eigenvalue weighted by Crippen LogP contribution is -2.59. The molecule has 2 aromatic rings. The molecule has 0 bridgehead atoms. The Morgan fingerprint density at radius 2 is 1.93 bits per heavy atom. The van der Waals surface area contributed by atoms with Gasteiger partial charge in [-0.05, 0) is 48.7 Å². The summed E-state index contributed by atoms with van der Waals surface area (Å²) >= 11 is 1.20. The van der Waals surface area contributed by atoms with E-state index >= 15 is 0 Å². The zero-order valence-electron chi connectivity index (χ0n) is 16.8. The SMILES string of the molecule is CCc1ccc(S(=O)(=O)C2CNC(SCC(=O)Nc3cccc(C)c3)NC2=O)cc1. The van der Waals surface area contributed by atoms with Crippen LogP contribution in [0.15, 0.2) is 53.4 Å². The fraction of sp³-hybridized carbons (Fsp3) is 0.333. The topological polar surface area (TPSA) is 104 Å². The zero-order chi connectivity index (χ0) is 21.7. The fourth-order valence-electron chi connectivity index (χ4n) is 3.09. The number of amides is 2. The number of thioether (sulfide) groups is 1. The number of carbonyl (C=O) groups is 2. The molecule has 1 aliphatic heterocycles. The molecular formula is C21H25N3O4S2. The van der Waals surface area contributed by atoms with Crippen LogP contribution in [0.4, 0.5) is 5.69 Å². The van der Waals surface area contributed by atoms with E-state index in [0.29, 0.717) is 5.69 Å². The highest BCUT2D eigenvalue weighted by Crippen LogP contribution is 2.21. The third-order valence-corrected chi connectivity index (χ3v) is 7.88. The van der Waals surface area contributed by atoms with Crippen molar-refractivity contribution < 1.29 is 18.0 Å². The largest absolute Gasteiger partial charge is 0.331 e. The van der Waals surface area contributed by atoms with Crippen molar-refractivity contribution in [1.82, 2.24) is 10.6 Å². The molecule has 0 aliphatic carbocycles. The van der Waals surface area contributed by atoms with Gasteiger partial charge in [-0.15, -0.1) is 11.8 Å². The quantitative estimate of drug-likeness (QED) is 0.600.